The van der Waals surface area contributed by atoms with Gasteiger partial charge in [-0.05, 0) is 102 Å². The SMILES string of the molecule is c1ccc2c(c1)ccc1oc3cc(-c4c5ccccc5c(-c5ccc6c(c5)oc5ccc7ccccc7c56)c5ccccc45)ccc3c12. The Balaban J connectivity index is 1.17. The Kier molecular flexibility index (Phi) is 5.14. The fourth-order valence-corrected chi connectivity index (χ4v) is 8.15. The van der Waals surface area contributed by atoms with Crippen LogP contribution in [0, 0.1) is 0 Å². The van der Waals surface area contributed by atoms with Crippen LogP contribution in [-0.2, 0) is 0 Å². The molecule has 11 aromatic rings. The van der Waals surface area contributed by atoms with Crippen LogP contribution in [0.4, 0.5) is 0 Å². The van der Waals surface area contributed by atoms with Gasteiger partial charge in [-0.1, -0.05) is 121 Å². The smallest absolute Gasteiger partial charge is 0.136 e. The van der Waals surface area contributed by atoms with E-state index in [9.17, 15) is 0 Å². The maximum Gasteiger partial charge on any atom is 0.136 e. The number of benzene rings is 9. The van der Waals surface area contributed by atoms with E-state index in [0.29, 0.717) is 0 Å². The predicted molar refractivity (Wildman–Crippen MR) is 202 cm³/mol. The highest BCUT2D eigenvalue weighted by Crippen LogP contribution is 2.46. The molecular formula is C46H26O2. The third kappa shape index (κ3) is 3.52. The molecule has 2 heterocycles. The van der Waals surface area contributed by atoms with E-state index in [0.717, 1.165) is 44.2 Å². The van der Waals surface area contributed by atoms with Crippen LogP contribution < -0.4 is 0 Å². The van der Waals surface area contributed by atoms with E-state index in [1.165, 1.54) is 65.0 Å². The molecule has 0 bridgehead atoms. The Morgan fingerprint density at radius 2 is 0.646 bits per heavy atom. The molecule has 0 saturated heterocycles. The van der Waals surface area contributed by atoms with Gasteiger partial charge in [0.1, 0.15) is 22.3 Å². The quantitative estimate of drug-likeness (QED) is 0.182. The van der Waals surface area contributed by atoms with E-state index in [1.807, 2.05) is 0 Å². The van der Waals surface area contributed by atoms with Crippen LogP contribution in [0.3, 0.4) is 0 Å². The van der Waals surface area contributed by atoms with Gasteiger partial charge in [-0.3, -0.25) is 0 Å². The van der Waals surface area contributed by atoms with E-state index in [-0.39, 0.29) is 0 Å². The summed E-state index contributed by atoms with van der Waals surface area (Å²) >= 11 is 0. The van der Waals surface area contributed by atoms with Gasteiger partial charge in [0.2, 0.25) is 0 Å². The molecule has 2 nitrogen and oxygen atoms in total. The molecule has 0 radical (unpaired) electrons. The lowest BCUT2D eigenvalue weighted by Gasteiger charge is -2.17. The summed E-state index contributed by atoms with van der Waals surface area (Å²) in [5.74, 6) is 0. The lowest BCUT2D eigenvalue weighted by molar-refractivity contribution is 0.669. The first kappa shape index (κ1) is 25.8. The van der Waals surface area contributed by atoms with Crippen LogP contribution >= 0.6 is 0 Å². The Hall–Kier alpha value is -6.38. The number of fused-ring (bicyclic) bond motifs is 12. The molecular weight excluding hydrogens is 585 g/mol. The fraction of sp³-hybridized carbons (Fsp3) is 0. The van der Waals surface area contributed by atoms with E-state index in [4.69, 9.17) is 8.83 Å². The van der Waals surface area contributed by atoms with Crippen LogP contribution in [0.5, 0.6) is 0 Å². The molecule has 222 valence electrons. The van der Waals surface area contributed by atoms with Crippen molar-refractivity contribution in [2.24, 2.45) is 0 Å². The van der Waals surface area contributed by atoms with Crippen molar-refractivity contribution in [1.29, 1.82) is 0 Å². The van der Waals surface area contributed by atoms with E-state index in [2.05, 4.69) is 158 Å². The molecule has 2 aromatic heterocycles. The molecule has 0 amide bonds. The zero-order valence-electron chi connectivity index (χ0n) is 25.8. The van der Waals surface area contributed by atoms with Crippen LogP contribution in [0.2, 0.25) is 0 Å². The van der Waals surface area contributed by atoms with Gasteiger partial charge < -0.3 is 8.83 Å². The standard InChI is InChI=1S/C46H26O2/c1-3-11-31-27(9-1)19-23-39-45(31)37-21-17-29(25-41(37)47-39)43-33-13-5-7-15-35(33)44(36-16-8-6-14-34(36)43)30-18-22-38-42(26-30)48-40-24-20-28-10-2-4-12-32(28)46(38)40/h1-26H. The van der Waals surface area contributed by atoms with Crippen molar-refractivity contribution in [3.05, 3.63) is 158 Å². The summed E-state index contributed by atoms with van der Waals surface area (Å²) in [5, 5.41) is 14.4. The van der Waals surface area contributed by atoms with Crippen molar-refractivity contribution in [2.75, 3.05) is 0 Å². The molecule has 11 rings (SSSR count). The van der Waals surface area contributed by atoms with Gasteiger partial charge >= 0.3 is 0 Å². The minimum atomic E-state index is 0.902. The number of rotatable bonds is 2. The van der Waals surface area contributed by atoms with Crippen molar-refractivity contribution in [1.82, 2.24) is 0 Å². The third-order valence-electron chi connectivity index (χ3n) is 10.2. The molecule has 0 aliphatic carbocycles. The van der Waals surface area contributed by atoms with Gasteiger partial charge in [0.25, 0.3) is 0 Å². The second-order valence-corrected chi connectivity index (χ2v) is 12.8. The molecule has 9 aromatic carbocycles. The highest BCUT2D eigenvalue weighted by molar-refractivity contribution is 6.24. The summed E-state index contributed by atoms with van der Waals surface area (Å²) in [6.45, 7) is 0. The largest absolute Gasteiger partial charge is 0.456 e. The van der Waals surface area contributed by atoms with Crippen molar-refractivity contribution in [2.45, 2.75) is 0 Å². The van der Waals surface area contributed by atoms with Gasteiger partial charge in [0.15, 0.2) is 0 Å². The van der Waals surface area contributed by atoms with Crippen molar-refractivity contribution >= 4 is 87.0 Å². The Labute approximate surface area is 275 Å². The summed E-state index contributed by atoms with van der Waals surface area (Å²) in [4.78, 5) is 0. The topological polar surface area (TPSA) is 26.3 Å². The molecule has 48 heavy (non-hydrogen) atoms. The zero-order valence-corrected chi connectivity index (χ0v) is 25.8. The fourth-order valence-electron chi connectivity index (χ4n) is 8.15. The van der Waals surface area contributed by atoms with E-state index >= 15 is 0 Å². The molecule has 0 N–H and O–H groups in total. The Bertz CT molecular complexity index is 2850. The number of furan rings is 2. The lowest BCUT2D eigenvalue weighted by atomic mass is 9.85. The van der Waals surface area contributed by atoms with Crippen LogP contribution in [0.1, 0.15) is 0 Å². The van der Waals surface area contributed by atoms with Crippen LogP contribution in [-0.4, -0.2) is 0 Å². The van der Waals surface area contributed by atoms with Crippen molar-refractivity contribution in [3.63, 3.8) is 0 Å². The molecule has 0 saturated carbocycles. The van der Waals surface area contributed by atoms with Gasteiger partial charge in [-0.25, -0.2) is 0 Å². The normalized spacial score (nSPS) is 12.2. The lowest BCUT2D eigenvalue weighted by Crippen LogP contribution is -1.90. The molecule has 0 unspecified atom stereocenters. The maximum atomic E-state index is 6.52. The van der Waals surface area contributed by atoms with Crippen LogP contribution in [0.25, 0.3) is 109 Å². The average Bonchev–Trinajstić information content (AvgIpc) is 3.71. The number of hydrogen-bond acceptors (Lipinski definition) is 2. The average molecular weight is 611 g/mol. The van der Waals surface area contributed by atoms with Crippen molar-refractivity contribution in [3.8, 4) is 22.3 Å². The second kappa shape index (κ2) is 9.57. The monoisotopic (exact) mass is 610 g/mol. The molecule has 0 spiro atoms. The highest BCUT2D eigenvalue weighted by Gasteiger charge is 2.19. The minimum Gasteiger partial charge on any atom is -0.456 e. The summed E-state index contributed by atoms with van der Waals surface area (Å²) in [5.41, 5.74) is 8.36. The summed E-state index contributed by atoms with van der Waals surface area (Å²) in [6, 6.07) is 56.6. The van der Waals surface area contributed by atoms with Crippen LogP contribution in [0.15, 0.2) is 167 Å². The number of hydrogen-bond donors (Lipinski definition) is 0. The van der Waals surface area contributed by atoms with Crippen molar-refractivity contribution < 1.29 is 8.83 Å². The first-order valence-electron chi connectivity index (χ1n) is 16.4. The molecule has 0 aliphatic rings. The summed E-state index contributed by atoms with van der Waals surface area (Å²) in [6.07, 6.45) is 0. The molecule has 0 atom stereocenters. The van der Waals surface area contributed by atoms with E-state index in [1.54, 1.807) is 0 Å². The molecule has 2 heteroatoms. The Morgan fingerprint density at radius 1 is 0.271 bits per heavy atom. The Morgan fingerprint density at radius 3 is 1.06 bits per heavy atom. The molecule has 0 aliphatic heterocycles. The summed E-state index contributed by atoms with van der Waals surface area (Å²) in [7, 11) is 0. The third-order valence-corrected chi connectivity index (χ3v) is 10.2. The summed E-state index contributed by atoms with van der Waals surface area (Å²) < 4.78 is 13.0. The van der Waals surface area contributed by atoms with Gasteiger partial charge in [-0.15, -0.1) is 0 Å². The predicted octanol–water partition coefficient (Wildman–Crippen LogP) is 13.4. The van der Waals surface area contributed by atoms with Gasteiger partial charge in [-0.2, -0.15) is 0 Å². The van der Waals surface area contributed by atoms with Gasteiger partial charge in [0, 0.05) is 21.5 Å². The van der Waals surface area contributed by atoms with Gasteiger partial charge in [0.05, 0.1) is 0 Å². The first-order chi connectivity index (χ1) is 23.8. The molecule has 0 fully saturated rings. The maximum absolute atomic E-state index is 6.52. The zero-order chi connectivity index (χ0) is 31.3. The van der Waals surface area contributed by atoms with E-state index < -0.39 is 0 Å². The second-order valence-electron chi connectivity index (χ2n) is 12.8. The minimum absolute atomic E-state index is 0.902. The first-order valence-corrected chi connectivity index (χ1v) is 16.4. The highest BCUT2D eigenvalue weighted by atomic mass is 16.3.